The summed E-state index contributed by atoms with van der Waals surface area (Å²) in [4.78, 5) is 33.1. The smallest absolute Gasteiger partial charge is 0.339 e. The minimum Gasteiger partial charge on any atom is -0.462 e. The number of carbonyl (C=O) groups is 2. The molecule has 0 saturated carbocycles. The predicted molar refractivity (Wildman–Crippen MR) is 103 cm³/mol. The van der Waals surface area contributed by atoms with E-state index in [1.54, 1.807) is 26.0 Å². The third-order valence-corrected chi connectivity index (χ3v) is 4.71. The van der Waals surface area contributed by atoms with E-state index in [0.29, 0.717) is 36.6 Å². The van der Waals surface area contributed by atoms with Gasteiger partial charge >= 0.3 is 5.97 Å². The normalized spacial score (nSPS) is 14.8. The third kappa shape index (κ3) is 4.71. The number of amides is 1. The molecule has 1 saturated heterocycles. The Morgan fingerprint density at radius 2 is 1.74 bits per heavy atom. The van der Waals surface area contributed by atoms with E-state index in [0.717, 1.165) is 19.6 Å². The molecule has 0 aliphatic carbocycles. The zero-order valence-electron chi connectivity index (χ0n) is 15.9. The van der Waals surface area contributed by atoms with Gasteiger partial charge in [0, 0.05) is 32.7 Å². The summed E-state index contributed by atoms with van der Waals surface area (Å²) in [6.45, 7) is 7.70. The third-order valence-electron chi connectivity index (χ3n) is 4.71. The van der Waals surface area contributed by atoms with Gasteiger partial charge in [0.15, 0.2) is 0 Å². The summed E-state index contributed by atoms with van der Waals surface area (Å²) >= 11 is 0. The van der Waals surface area contributed by atoms with E-state index < -0.39 is 5.97 Å². The fraction of sp³-hybridized carbons (Fsp3) is 0.381. The summed E-state index contributed by atoms with van der Waals surface area (Å²) in [6.07, 6.45) is 0. The molecule has 1 aliphatic heterocycles. The molecule has 0 radical (unpaired) electrons. The van der Waals surface area contributed by atoms with E-state index in [9.17, 15) is 9.59 Å². The lowest BCUT2D eigenvalue weighted by Gasteiger charge is -2.34. The van der Waals surface area contributed by atoms with Crippen molar-refractivity contribution in [2.24, 2.45) is 0 Å². The van der Waals surface area contributed by atoms with Gasteiger partial charge < -0.3 is 9.64 Å². The highest BCUT2D eigenvalue weighted by molar-refractivity contribution is 5.95. The van der Waals surface area contributed by atoms with Gasteiger partial charge in [0.1, 0.15) is 5.69 Å². The first-order valence-corrected chi connectivity index (χ1v) is 9.29. The summed E-state index contributed by atoms with van der Waals surface area (Å²) < 4.78 is 5.01. The van der Waals surface area contributed by atoms with Crippen molar-refractivity contribution < 1.29 is 14.3 Å². The van der Waals surface area contributed by atoms with Crippen LogP contribution in [0.25, 0.3) is 0 Å². The summed E-state index contributed by atoms with van der Waals surface area (Å²) in [5, 5.41) is 0. The fourth-order valence-electron chi connectivity index (χ4n) is 3.22. The number of ether oxygens (including phenoxy) is 1. The lowest BCUT2D eigenvalue weighted by atomic mass is 10.1. The largest absolute Gasteiger partial charge is 0.462 e. The van der Waals surface area contributed by atoms with Crippen LogP contribution in [0.4, 0.5) is 0 Å². The number of piperazine rings is 1. The molecule has 0 unspecified atom stereocenters. The Morgan fingerprint density at radius 1 is 1.04 bits per heavy atom. The first kappa shape index (κ1) is 19.0. The molecule has 2 aromatic rings. The Bertz CT molecular complexity index is 800. The van der Waals surface area contributed by atoms with Crippen LogP contribution in [0.1, 0.15) is 39.0 Å². The Hall–Kier alpha value is -2.73. The average molecular weight is 367 g/mol. The highest BCUT2D eigenvalue weighted by Crippen LogP contribution is 2.13. The molecule has 3 rings (SSSR count). The summed E-state index contributed by atoms with van der Waals surface area (Å²) in [6, 6.07) is 13.6. The quantitative estimate of drug-likeness (QED) is 0.760. The maximum Gasteiger partial charge on any atom is 0.339 e. The van der Waals surface area contributed by atoms with Gasteiger partial charge in [-0.05, 0) is 31.5 Å². The van der Waals surface area contributed by atoms with Gasteiger partial charge in [-0.3, -0.25) is 9.69 Å². The van der Waals surface area contributed by atoms with E-state index in [2.05, 4.69) is 22.0 Å². The van der Waals surface area contributed by atoms with Crippen LogP contribution in [-0.2, 0) is 11.3 Å². The molecule has 1 aliphatic rings. The SMILES string of the molecule is CCOC(=O)c1ccc(C(=O)N2CCN(Cc3ccccc3)CC2)nc1C. The summed E-state index contributed by atoms with van der Waals surface area (Å²) in [7, 11) is 0. The molecular formula is C21H25N3O3. The van der Waals surface area contributed by atoms with Gasteiger partial charge in [0.25, 0.3) is 5.91 Å². The molecule has 0 N–H and O–H groups in total. The molecule has 0 atom stereocenters. The summed E-state index contributed by atoms with van der Waals surface area (Å²) in [5.74, 6) is -0.496. The molecule has 1 fully saturated rings. The molecule has 27 heavy (non-hydrogen) atoms. The number of esters is 1. The van der Waals surface area contributed by atoms with E-state index in [4.69, 9.17) is 4.74 Å². The number of carbonyl (C=O) groups excluding carboxylic acids is 2. The first-order valence-electron chi connectivity index (χ1n) is 9.29. The van der Waals surface area contributed by atoms with Crippen LogP contribution < -0.4 is 0 Å². The van der Waals surface area contributed by atoms with E-state index >= 15 is 0 Å². The lowest BCUT2D eigenvalue weighted by molar-refractivity contribution is 0.0522. The van der Waals surface area contributed by atoms with Crippen molar-refractivity contribution in [3.63, 3.8) is 0 Å². The number of pyridine rings is 1. The van der Waals surface area contributed by atoms with Crippen LogP contribution in [0, 0.1) is 6.92 Å². The van der Waals surface area contributed by atoms with Crippen LogP contribution >= 0.6 is 0 Å². The van der Waals surface area contributed by atoms with Crippen molar-refractivity contribution in [3.8, 4) is 0 Å². The molecule has 2 heterocycles. The molecule has 6 heteroatoms. The van der Waals surface area contributed by atoms with Crippen LogP contribution in [0.3, 0.4) is 0 Å². The molecule has 1 amide bonds. The number of benzene rings is 1. The summed E-state index contributed by atoms with van der Waals surface area (Å²) in [5.41, 5.74) is 2.57. The molecular weight excluding hydrogens is 342 g/mol. The Kier molecular flexibility index (Phi) is 6.19. The Labute approximate surface area is 159 Å². The second-order valence-electron chi connectivity index (χ2n) is 6.60. The Balaban J connectivity index is 1.59. The van der Waals surface area contributed by atoms with Gasteiger partial charge in [-0.15, -0.1) is 0 Å². The van der Waals surface area contributed by atoms with Crippen molar-refractivity contribution in [3.05, 3.63) is 65.0 Å². The zero-order valence-corrected chi connectivity index (χ0v) is 15.9. The van der Waals surface area contributed by atoms with Crippen LogP contribution in [0.15, 0.2) is 42.5 Å². The van der Waals surface area contributed by atoms with Crippen molar-refractivity contribution in [1.29, 1.82) is 0 Å². The predicted octanol–water partition coefficient (Wildman–Crippen LogP) is 2.52. The van der Waals surface area contributed by atoms with Gasteiger partial charge in [-0.25, -0.2) is 9.78 Å². The number of rotatable bonds is 5. The van der Waals surface area contributed by atoms with Crippen molar-refractivity contribution in [2.45, 2.75) is 20.4 Å². The number of aromatic nitrogens is 1. The maximum atomic E-state index is 12.8. The average Bonchev–Trinajstić information content (AvgIpc) is 2.69. The van der Waals surface area contributed by atoms with Crippen molar-refractivity contribution in [1.82, 2.24) is 14.8 Å². The highest BCUT2D eigenvalue weighted by atomic mass is 16.5. The second-order valence-corrected chi connectivity index (χ2v) is 6.60. The van der Waals surface area contributed by atoms with Crippen LogP contribution in [-0.4, -0.2) is 59.4 Å². The second kappa shape index (κ2) is 8.77. The highest BCUT2D eigenvalue weighted by Gasteiger charge is 2.24. The number of aryl methyl sites for hydroxylation is 1. The zero-order chi connectivity index (χ0) is 19.2. The van der Waals surface area contributed by atoms with E-state index in [-0.39, 0.29) is 5.91 Å². The van der Waals surface area contributed by atoms with Gasteiger partial charge in [0.05, 0.1) is 17.9 Å². The van der Waals surface area contributed by atoms with Gasteiger partial charge in [-0.1, -0.05) is 30.3 Å². The Morgan fingerprint density at radius 3 is 2.37 bits per heavy atom. The molecule has 142 valence electrons. The molecule has 0 bridgehead atoms. The van der Waals surface area contributed by atoms with Gasteiger partial charge in [0.2, 0.25) is 0 Å². The number of nitrogens with zero attached hydrogens (tertiary/aromatic N) is 3. The number of hydrogen-bond donors (Lipinski definition) is 0. The number of hydrogen-bond acceptors (Lipinski definition) is 5. The molecule has 1 aromatic heterocycles. The molecule has 1 aromatic carbocycles. The maximum absolute atomic E-state index is 12.8. The monoisotopic (exact) mass is 367 g/mol. The van der Waals surface area contributed by atoms with Gasteiger partial charge in [-0.2, -0.15) is 0 Å². The molecule has 6 nitrogen and oxygen atoms in total. The van der Waals surface area contributed by atoms with E-state index in [1.807, 2.05) is 23.1 Å². The van der Waals surface area contributed by atoms with Crippen molar-refractivity contribution >= 4 is 11.9 Å². The lowest BCUT2D eigenvalue weighted by Crippen LogP contribution is -2.48. The fourth-order valence-corrected chi connectivity index (χ4v) is 3.22. The minimum absolute atomic E-state index is 0.0899. The topological polar surface area (TPSA) is 62.7 Å². The minimum atomic E-state index is -0.406. The first-order chi connectivity index (χ1) is 13.1. The van der Waals surface area contributed by atoms with E-state index in [1.165, 1.54) is 5.56 Å². The van der Waals surface area contributed by atoms with Crippen LogP contribution in [0.5, 0.6) is 0 Å². The molecule has 0 spiro atoms. The standard InChI is InChI=1S/C21H25N3O3/c1-3-27-21(26)18-9-10-19(22-16(18)2)20(25)24-13-11-23(12-14-24)15-17-7-5-4-6-8-17/h4-10H,3,11-15H2,1-2H3. The van der Waals surface area contributed by atoms with Crippen molar-refractivity contribution in [2.75, 3.05) is 32.8 Å². The van der Waals surface area contributed by atoms with Crippen LogP contribution in [0.2, 0.25) is 0 Å².